The van der Waals surface area contributed by atoms with Gasteiger partial charge >= 0.3 is 11.9 Å². The topological polar surface area (TPSA) is 172 Å². The number of esters is 2. The Bertz CT molecular complexity index is 1250. The number of rotatable bonds is 8. The molecule has 1 aliphatic rings. The van der Waals surface area contributed by atoms with Crippen LogP contribution in [-0.4, -0.2) is 74.8 Å². The van der Waals surface area contributed by atoms with E-state index in [1.54, 1.807) is 30.3 Å². The molecule has 0 bridgehead atoms. The number of hydrogen-bond acceptors (Lipinski definition) is 11. The molecule has 0 spiro atoms. The highest BCUT2D eigenvalue weighted by atomic mass is 16.7. The van der Waals surface area contributed by atoms with E-state index in [4.69, 9.17) is 18.9 Å². The van der Waals surface area contributed by atoms with Crippen molar-refractivity contribution in [1.29, 1.82) is 0 Å². The number of benzene rings is 3. The van der Waals surface area contributed by atoms with Gasteiger partial charge in [-0.25, -0.2) is 9.59 Å². The molecule has 3 aromatic rings. The monoisotopic (exact) mass is 526 g/mol. The van der Waals surface area contributed by atoms with E-state index in [2.05, 4.69) is 0 Å². The molecule has 1 aliphatic heterocycles. The molecule has 5 N–H and O–H groups in total. The predicted molar refractivity (Wildman–Crippen MR) is 129 cm³/mol. The summed E-state index contributed by atoms with van der Waals surface area (Å²) >= 11 is 0. The number of aliphatic hydroxyl groups excluding tert-OH is 3. The first-order valence-electron chi connectivity index (χ1n) is 11.6. The summed E-state index contributed by atoms with van der Waals surface area (Å²) in [5.41, 5.74) is 0.598. The van der Waals surface area contributed by atoms with E-state index in [1.807, 2.05) is 0 Å². The minimum Gasteiger partial charge on any atom is -0.508 e. The highest BCUT2D eigenvalue weighted by Gasteiger charge is 2.48. The molecule has 3 aromatic carbocycles. The SMILES string of the molecule is O=C(OCc1cc(O)ccc1O[C@@H]1O[C@H](CO)[C@@H](O)[C@H](OC(=O)c2ccc(O)cc2)[C@H]1O)c1ccccc1. The van der Waals surface area contributed by atoms with Gasteiger partial charge in [0.1, 0.15) is 36.1 Å². The van der Waals surface area contributed by atoms with E-state index in [-0.39, 0.29) is 35.0 Å². The zero-order chi connectivity index (χ0) is 27.2. The Morgan fingerprint density at radius 1 is 0.816 bits per heavy atom. The number of carbonyl (C=O) groups is 2. The zero-order valence-corrected chi connectivity index (χ0v) is 19.9. The van der Waals surface area contributed by atoms with Gasteiger partial charge < -0.3 is 44.5 Å². The first-order valence-corrected chi connectivity index (χ1v) is 11.6. The lowest BCUT2D eigenvalue weighted by atomic mass is 9.98. The highest BCUT2D eigenvalue weighted by molar-refractivity contribution is 5.90. The molecule has 0 amide bonds. The molecule has 200 valence electrons. The minimum atomic E-state index is -1.71. The van der Waals surface area contributed by atoms with Crippen LogP contribution in [0.5, 0.6) is 17.2 Å². The van der Waals surface area contributed by atoms with Gasteiger partial charge in [0.25, 0.3) is 0 Å². The lowest BCUT2D eigenvalue weighted by Crippen LogP contribution is -2.61. The maximum atomic E-state index is 12.6. The van der Waals surface area contributed by atoms with E-state index < -0.39 is 49.3 Å². The van der Waals surface area contributed by atoms with Crippen molar-refractivity contribution in [2.75, 3.05) is 6.61 Å². The first-order chi connectivity index (χ1) is 18.3. The summed E-state index contributed by atoms with van der Waals surface area (Å²) in [6.07, 6.45) is -7.66. The second-order valence-corrected chi connectivity index (χ2v) is 8.48. The van der Waals surface area contributed by atoms with Crippen LogP contribution in [0.3, 0.4) is 0 Å². The van der Waals surface area contributed by atoms with Crippen molar-refractivity contribution in [3.63, 3.8) is 0 Å². The number of phenolic OH excluding ortho intramolecular Hbond substituents is 2. The Morgan fingerprint density at radius 2 is 1.47 bits per heavy atom. The number of aromatic hydroxyl groups is 2. The predicted octanol–water partition coefficient (Wildman–Crippen LogP) is 1.50. The molecular weight excluding hydrogens is 500 g/mol. The third-order valence-corrected chi connectivity index (χ3v) is 5.82. The summed E-state index contributed by atoms with van der Waals surface area (Å²) in [7, 11) is 0. The van der Waals surface area contributed by atoms with Crippen LogP contribution in [0.15, 0.2) is 72.8 Å². The number of ether oxygens (including phenoxy) is 4. The summed E-state index contributed by atoms with van der Waals surface area (Å²) < 4.78 is 21.9. The number of phenols is 2. The van der Waals surface area contributed by atoms with Crippen LogP contribution >= 0.6 is 0 Å². The van der Waals surface area contributed by atoms with Crippen molar-refractivity contribution in [2.24, 2.45) is 0 Å². The van der Waals surface area contributed by atoms with Crippen LogP contribution < -0.4 is 4.74 Å². The van der Waals surface area contributed by atoms with Crippen LogP contribution in [-0.2, 0) is 20.8 Å². The van der Waals surface area contributed by atoms with Crippen LogP contribution in [0.25, 0.3) is 0 Å². The molecule has 5 atom stereocenters. The molecule has 1 fully saturated rings. The molecule has 0 radical (unpaired) electrons. The van der Waals surface area contributed by atoms with Crippen molar-refractivity contribution in [1.82, 2.24) is 0 Å². The normalized spacial score (nSPS) is 22.9. The van der Waals surface area contributed by atoms with Gasteiger partial charge in [-0.2, -0.15) is 0 Å². The molecule has 4 rings (SSSR count). The van der Waals surface area contributed by atoms with Crippen molar-refractivity contribution in [2.45, 2.75) is 37.3 Å². The van der Waals surface area contributed by atoms with E-state index in [1.165, 1.54) is 42.5 Å². The molecule has 11 nitrogen and oxygen atoms in total. The second-order valence-electron chi connectivity index (χ2n) is 8.48. The summed E-state index contributed by atoms with van der Waals surface area (Å²) in [5, 5.41) is 50.5. The van der Waals surface area contributed by atoms with Crippen molar-refractivity contribution >= 4 is 11.9 Å². The third-order valence-electron chi connectivity index (χ3n) is 5.82. The molecule has 11 heteroatoms. The maximum absolute atomic E-state index is 12.6. The molecule has 38 heavy (non-hydrogen) atoms. The zero-order valence-electron chi connectivity index (χ0n) is 19.9. The maximum Gasteiger partial charge on any atom is 0.338 e. The molecular formula is C27H26O11. The molecule has 0 saturated carbocycles. The standard InChI is InChI=1S/C27H26O11/c28-13-21-22(31)24(38-26(34)16-6-8-18(29)9-7-16)23(32)27(37-21)36-20-11-10-19(30)12-17(20)14-35-25(33)15-4-2-1-3-5-15/h1-12,21-24,27-32H,13-14H2/t21-,22-,23-,24+,27-/m1/s1. The lowest BCUT2D eigenvalue weighted by molar-refractivity contribution is -0.277. The van der Waals surface area contributed by atoms with E-state index in [0.29, 0.717) is 5.56 Å². The Kier molecular flexibility index (Phi) is 8.44. The molecule has 1 saturated heterocycles. The molecule has 0 unspecified atom stereocenters. The number of carbonyl (C=O) groups excluding carboxylic acids is 2. The van der Waals surface area contributed by atoms with Gasteiger partial charge in [-0.3, -0.25) is 0 Å². The third kappa shape index (κ3) is 6.21. The Hall–Kier alpha value is -4.16. The van der Waals surface area contributed by atoms with Crippen LogP contribution in [0.1, 0.15) is 26.3 Å². The molecule has 0 aromatic heterocycles. The summed E-state index contributed by atoms with van der Waals surface area (Å²) in [4.78, 5) is 24.9. The summed E-state index contributed by atoms with van der Waals surface area (Å²) in [6.45, 7) is -0.982. The van der Waals surface area contributed by atoms with Gasteiger partial charge in [0, 0.05) is 5.56 Å². The number of hydrogen-bond donors (Lipinski definition) is 5. The number of aliphatic hydroxyl groups is 3. The summed E-state index contributed by atoms with van der Waals surface area (Å²) in [6, 6.07) is 17.3. The smallest absolute Gasteiger partial charge is 0.338 e. The van der Waals surface area contributed by atoms with Gasteiger partial charge in [-0.1, -0.05) is 18.2 Å². The van der Waals surface area contributed by atoms with Gasteiger partial charge in [0.05, 0.1) is 17.7 Å². The van der Waals surface area contributed by atoms with Gasteiger partial charge in [0.15, 0.2) is 12.2 Å². The van der Waals surface area contributed by atoms with Crippen LogP contribution in [0, 0.1) is 0 Å². The average molecular weight is 526 g/mol. The average Bonchev–Trinajstić information content (AvgIpc) is 2.93. The second kappa shape index (κ2) is 11.9. The Morgan fingerprint density at radius 3 is 2.16 bits per heavy atom. The minimum absolute atomic E-state index is 0.0489. The molecule has 0 aliphatic carbocycles. The van der Waals surface area contributed by atoms with Crippen LogP contribution in [0.4, 0.5) is 0 Å². The fourth-order valence-electron chi connectivity index (χ4n) is 3.80. The largest absolute Gasteiger partial charge is 0.508 e. The van der Waals surface area contributed by atoms with Gasteiger partial charge in [-0.05, 0) is 54.6 Å². The fourth-order valence-corrected chi connectivity index (χ4v) is 3.80. The van der Waals surface area contributed by atoms with Crippen molar-refractivity contribution in [3.8, 4) is 17.2 Å². The highest BCUT2D eigenvalue weighted by Crippen LogP contribution is 2.31. The fraction of sp³-hybridized carbons (Fsp3) is 0.259. The van der Waals surface area contributed by atoms with Crippen molar-refractivity contribution in [3.05, 3.63) is 89.5 Å². The quantitative estimate of drug-likeness (QED) is 0.269. The van der Waals surface area contributed by atoms with Crippen molar-refractivity contribution < 1.29 is 54.1 Å². The van der Waals surface area contributed by atoms with Crippen LogP contribution in [0.2, 0.25) is 0 Å². The van der Waals surface area contributed by atoms with Gasteiger partial charge in [0.2, 0.25) is 6.29 Å². The molecule has 1 heterocycles. The first kappa shape index (κ1) is 26.9. The summed E-state index contributed by atoms with van der Waals surface area (Å²) in [5.74, 6) is -1.66. The Labute approximate surface area is 217 Å². The Balaban J connectivity index is 1.50. The van der Waals surface area contributed by atoms with E-state index >= 15 is 0 Å². The van der Waals surface area contributed by atoms with E-state index in [9.17, 15) is 35.1 Å². The lowest BCUT2D eigenvalue weighted by Gasteiger charge is -2.41. The van der Waals surface area contributed by atoms with Gasteiger partial charge in [-0.15, -0.1) is 0 Å². The van der Waals surface area contributed by atoms with E-state index in [0.717, 1.165) is 0 Å².